The van der Waals surface area contributed by atoms with Gasteiger partial charge in [-0.3, -0.25) is 9.59 Å². The summed E-state index contributed by atoms with van der Waals surface area (Å²) < 4.78 is 0. The van der Waals surface area contributed by atoms with E-state index in [-0.39, 0.29) is 34.6 Å². The summed E-state index contributed by atoms with van der Waals surface area (Å²) in [6.45, 7) is 11.8. The lowest BCUT2D eigenvalue weighted by Gasteiger charge is -2.39. The molecular formula is C23H33ClN2O2. The topological polar surface area (TPSA) is 49.4 Å². The number of rotatable bonds is 5. The molecule has 1 saturated carbocycles. The van der Waals surface area contributed by atoms with Gasteiger partial charge in [0.05, 0.1) is 0 Å². The molecule has 2 aliphatic rings. The van der Waals surface area contributed by atoms with Gasteiger partial charge in [-0.05, 0) is 60.3 Å². The van der Waals surface area contributed by atoms with Crippen molar-refractivity contribution in [3.05, 3.63) is 34.9 Å². The van der Waals surface area contributed by atoms with E-state index in [4.69, 9.17) is 11.6 Å². The Hall–Kier alpha value is -1.55. The van der Waals surface area contributed by atoms with E-state index in [9.17, 15) is 9.59 Å². The number of fused-ring (bicyclic) bond motifs is 2. The molecule has 3 rings (SSSR count). The van der Waals surface area contributed by atoms with Crippen LogP contribution in [0.15, 0.2) is 24.3 Å². The van der Waals surface area contributed by atoms with Gasteiger partial charge in [0.15, 0.2) is 0 Å². The van der Waals surface area contributed by atoms with Gasteiger partial charge in [-0.15, -0.1) is 0 Å². The Morgan fingerprint density at radius 2 is 1.86 bits per heavy atom. The predicted octanol–water partition coefficient (Wildman–Crippen LogP) is 4.91. The van der Waals surface area contributed by atoms with Gasteiger partial charge in [-0.2, -0.15) is 0 Å². The van der Waals surface area contributed by atoms with E-state index in [1.807, 2.05) is 6.92 Å². The zero-order valence-corrected chi connectivity index (χ0v) is 18.5. The predicted molar refractivity (Wildman–Crippen MR) is 113 cm³/mol. The van der Waals surface area contributed by atoms with Crippen LogP contribution >= 0.6 is 11.6 Å². The largest absolute Gasteiger partial charge is 0.340 e. The third kappa shape index (κ3) is 4.37. The monoisotopic (exact) mass is 404 g/mol. The molecule has 1 aliphatic carbocycles. The molecule has 1 aromatic rings. The molecule has 5 heteroatoms. The minimum Gasteiger partial charge on any atom is -0.340 e. The molecule has 2 amide bonds. The normalized spacial score (nSPS) is 27.9. The Labute approximate surface area is 174 Å². The first-order valence-electron chi connectivity index (χ1n) is 10.4. The number of likely N-dealkylation sites (tertiary alicyclic amines) is 1. The first-order chi connectivity index (χ1) is 13.0. The Kier molecular flexibility index (Phi) is 5.82. The molecule has 2 bridgehead atoms. The summed E-state index contributed by atoms with van der Waals surface area (Å²) in [4.78, 5) is 28.4. The van der Waals surface area contributed by atoms with E-state index in [1.165, 1.54) is 0 Å². The van der Waals surface area contributed by atoms with Crippen molar-refractivity contribution in [2.24, 2.45) is 16.7 Å². The number of carbonyl (C=O) groups is 2. The van der Waals surface area contributed by atoms with E-state index < -0.39 is 6.04 Å². The van der Waals surface area contributed by atoms with E-state index in [0.717, 1.165) is 32.2 Å². The van der Waals surface area contributed by atoms with E-state index in [1.54, 1.807) is 24.3 Å². The molecule has 4 nitrogen and oxygen atoms in total. The fourth-order valence-electron chi connectivity index (χ4n) is 5.41. The minimum atomic E-state index is -0.501. The lowest BCUT2D eigenvalue weighted by atomic mass is 9.65. The standard InChI is InChI=1S/C23H33ClN2O2/c1-6-15(2)19(25-20(27)16-7-9-17(24)10-8-16)21(28)26-14-23(5)12-18(26)11-22(3,4)13-23/h7-10,15,18-19H,6,11-14H2,1-5H3,(H,25,27). The van der Waals surface area contributed by atoms with Crippen LogP contribution in [0.2, 0.25) is 5.02 Å². The summed E-state index contributed by atoms with van der Waals surface area (Å²) >= 11 is 5.93. The molecule has 154 valence electrons. The summed E-state index contributed by atoms with van der Waals surface area (Å²) in [5.74, 6) is -0.0721. The molecule has 28 heavy (non-hydrogen) atoms. The molecule has 2 fully saturated rings. The number of amides is 2. The van der Waals surface area contributed by atoms with Crippen LogP contribution in [-0.4, -0.2) is 35.3 Å². The maximum Gasteiger partial charge on any atom is 0.251 e. The van der Waals surface area contributed by atoms with Crippen LogP contribution < -0.4 is 5.32 Å². The van der Waals surface area contributed by atoms with Crippen LogP contribution in [0.4, 0.5) is 0 Å². The van der Waals surface area contributed by atoms with Crippen LogP contribution in [0.3, 0.4) is 0 Å². The molecule has 1 N–H and O–H groups in total. The van der Waals surface area contributed by atoms with Crippen molar-refractivity contribution in [3.8, 4) is 0 Å². The molecule has 0 aromatic heterocycles. The van der Waals surface area contributed by atoms with Crippen molar-refractivity contribution in [1.82, 2.24) is 10.2 Å². The number of nitrogens with zero attached hydrogens (tertiary/aromatic N) is 1. The minimum absolute atomic E-state index is 0.0723. The maximum absolute atomic E-state index is 13.6. The first-order valence-corrected chi connectivity index (χ1v) is 10.8. The van der Waals surface area contributed by atoms with Gasteiger partial charge in [-0.25, -0.2) is 0 Å². The van der Waals surface area contributed by atoms with Crippen molar-refractivity contribution in [3.63, 3.8) is 0 Å². The van der Waals surface area contributed by atoms with Crippen molar-refractivity contribution in [1.29, 1.82) is 0 Å². The fraction of sp³-hybridized carbons (Fsp3) is 0.652. The lowest BCUT2D eigenvalue weighted by molar-refractivity contribution is -0.135. The number of benzene rings is 1. The summed E-state index contributed by atoms with van der Waals surface area (Å²) in [5, 5.41) is 3.61. The van der Waals surface area contributed by atoms with Gasteiger partial charge >= 0.3 is 0 Å². The van der Waals surface area contributed by atoms with Crippen molar-refractivity contribution < 1.29 is 9.59 Å². The third-order valence-electron chi connectivity index (χ3n) is 6.57. The van der Waals surface area contributed by atoms with Crippen LogP contribution in [0.25, 0.3) is 0 Å². The van der Waals surface area contributed by atoms with Crippen molar-refractivity contribution >= 4 is 23.4 Å². The maximum atomic E-state index is 13.6. The highest BCUT2D eigenvalue weighted by atomic mass is 35.5. The van der Waals surface area contributed by atoms with Crippen LogP contribution in [0.1, 0.15) is 70.7 Å². The summed E-state index contributed by atoms with van der Waals surface area (Å²) in [7, 11) is 0. The van der Waals surface area contributed by atoms with Crippen LogP contribution in [0.5, 0.6) is 0 Å². The molecule has 4 atom stereocenters. The molecule has 1 saturated heterocycles. The second-order valence-corrected chi connectivity index (χ2v) is 10.5. The Morgan fingerprint density at radius 1 is 1.21 bits per heavy atom. The summed E-state index contributed by atoms with van der Waals surface area (Å²) in [6, 6.07) is 6.57. The van der Waals surface area contributed by atoms with Crippen LogP contribution in [-0.2, 0) is 4.79 Å². The molecule has 0 spiro atoms. The second-order valence-electron chi connectivity index (χ2n) is 10.0. The molecular weight excluding hydrogens is 372 g/mol. The van der Waals surface area contributed by atoms with Crippen molar-refractivity contribution in [2.45, 2.75) is 72.4 Å². The zero-order chi connectivity index (χ0) is 20.7. The van der Waals surface area contributed by atoms with Gasteiger partial charge in [0.1, 0.15) is 6.04 Å². The number of hydrogen-bond donors (Lipinski definition) is 1. The van der Waals surface area contributed by atoms with Gasteiger partial charge in [0.25, 0.3) is 5.91 Å². The third-order valence-corrected chi connectivity index (χ3v) is 6.82. The highest BCUT2D eigenvalue weighted by Crippen LogP contribution is 2.52. The van der Waals surface area contributed by atoms with E-state index >= 15 is 0 Å². The zero-order valence-electron chi connectivity index (χ0n) is 17.7. The van der Waals surface area contributed by atoms with Gasteiger partial charge < -0.3 is 10.2 Å². The quantitative estimate of drug-likeness (QED) is 0.757. The molecule has 0 radical (unpaired) electrons. The van der Waals surface area contributed by atoms with E-state index in [2.05, 4.69) is 37.9 Å². The lowest BCUT2D eigenvalue weighted by Crippen LogP contribution is -2.53. The summed E-state index contributed by atoms with van der Waals surface area (Å²) in [6.07, 6.45) is 4.08. The fourth-order valence-corrected chi connectivity index (χ4v) is 5.53. The second kappa shape index (κ2) is 7.70. The smallest absolute Gasteiger partial charge is 0.251 e. The number of hydrogen-bond acceptors (Lipinski definition) is 2. The van der Waals surface area contributed by atoms with Crippen LogP contribution in [0, 0.1) is 16.7 Å². The first kappa shape index (κ1) is 21.2. The van der Waals surface area contributed by atoms with Gasteiger partial charge in [0.2, 0.25) is 5.91 Å². The Bertz CT molecular complexity index is 745. The average Bonchev–Trinajstić information content (AvgIpc) is 2.87. The number of nitrogens with one attached hydrogen (secondary N) is 1. The molecule has 1 aliphatic heterocycles. The van der Waals surface area contributed by atoms with Gasteiger partial charge in [-0.1, -0.05) is 52.6 Å². The highest BCUT2D eigenvalue weighted by molar-refractivity contribution is 6.30. The summed E-state index contributed by atoms with van der Waals surface area (Å²) in [5.41, 5.74) is 0.965. The SMILES string of the molecule is CCC(C)C(NC(=O)c1ccc(Cl)cc1)C(=O)N1CC2(C)CC1CC(C)(C)C2. The highest BCUT2D eigenvalue weighted by Gasteiger charge is 2.52. The molecule has 1 heterocycles. The number of halogens is 1. The number of carbonyl (C=O) groups excluding carboxylic acids is 2. The Balaban J connectivity index is 1.79. The Morgan fingerprint density at radius 3 is 2.46 bits per heavy atom. The molecule has 1 aromatic carbocycles. The van der Waals surface area contributed by atoms with E-state index in [0.29, 0.717) is 10.6 Å². The van der Waals surface area contributed by atoms with Gasteiger partial charge in [0, 0.05) is 23.2 Å². The van der Waals surface area contributed by atoms with Crippen molar-refractivity contribution in [2.75, 3.05) is 6.54 Å². The molecule has 4 unspecified atom stereocenters. The average molecular weight is 405 g/mol.